The minimum Gasteiger partial charge on any atom is -0.385 e. The third kappa shape index (κ3) is 2.77. The van der Waals surface area contributed by atoms with Crippen LogP contribution in [-0.2, 0) is 17.8 Å². The van der Waals surface area contributed by atoms with E-state index in [1.54, 1.807) is 21.0 Å². The topological polar surface area (TPSA) is 108 Å². The summed E-state index contributed by atoms with van der Waals surface area (Å²) in [5.74, 6) is 0.496. The summed E-state index contributed by atoms with van der Waals surface area (Å²) < 4.78 is 7.70. The lowest BCUT2D eigenvalue weighted by atomic mass is 10.3. The lowest BCUT2D eigenvalue weighted by Crippen LogP contribution is -2.39. The summed E-state index contributed by atoms with van der Waals surface area (Å²) in [5, 5.41) is 0. The molecule has 0 saturated carbocycles. The quantitative estimate of drug-likeness (QED) is 0.727. The molecule has 0 fully saturated rings. The molecular weight excluding hydrogens is 274 g/mol. The molecule has 2 heterocycles. The molecule has 0 saturated heterocycles. The third-order valence-electron chi connectivity index (χ3n) is 3.36. The van der Waals surface area contributed by atoms with E-state index in [4.69, 9.17) is 10.5 Å². The average Bonchev–Trinajstić information content (AvgIpc) is 2.88. The Morgan fingerprint density at radius 2 is 2.10 bits per heavy atom. The maximum atomic E-state index is 12.4. The van der Waals surface area contributed by atoms with E-state index in [0.29, 0.717) is 43.1 Å². The van der Waals surface area contributed by atoms with E-state index in [1.165, 1.54) is 9.13 Å². The molecule has 8 heteroatoms. The van der Waals surface area contributed by atoms with E-state index >= 15 is 0 Å². The molecule has 2 aromatic heterocycles. The fraction of sp³-hybridized carbons (Fsp3) is 0.615. The van der Waals surface area contributed by atoms with Crippen LogP contribution >= 0.6 is 0 Å². The van der Waals surface area contributed by atoms with Crippen molar-refractivity contribution >= 4 is 11.2 Å². The molecule has 3 N–H and O–H groups in total. The highest BCUT2D eigenvalue weighted by atomic mass is 16.5. The largest absolute Gasteiger partial charge is 0.385 e. The molecule has 1 atom stereocenters. The van der Waals surface area contributed by atoms with Gasteiger partial charge in [0.25, 0.3) is 5.56 Å². The van der Waals surface area contributed by atoms with Gasteiger partial charge in [-0.15, -0.1) is 0 Å². The Morgan fingerprint density at radius 3 is 2.67 bits per heavy atom. The van der Waals surface area contributed by atoms with Gasteiger partial charge in [0.15, 0.2) is 5.65 Å². The van der Waals surface area contributed by atoms with Gasteiger partial charge in [-0.1, -0.05) is 0 Å². The number of ether oxygens (including phenoxy) is 1. The number of methoxy groups -OCH3 is 1. The van der Waals surface area contributed by atoms with Crippen LogP contribution in [0.5, 0.6) is 0 Å². The number of hydrogen-bond donors (Lipinski definition) is 2. The molecule has 0 amide bonds. The number of nitrogens with zero attached hydrogens (tertiary/aromatic N) is 3. The van der Waals surface area contributed by atoms with Crippen LogP contribution in [0, 0.1) is 0 Å². The molecule has 0 aliphatic heterocycles. The van der Waals surface area contributed by atoms with Crippen LogP contribution in [-0.4, -0.2) is 32.8 Å². The zero-order valence-electron chi connectivity index (χ0n) is 12.5. The van der Waals surface area contributed by atoms with Gasteiger partial charge in [0, 0.05) is 26.8 Å². The first-order valence-electron chi connectivity index (χ1n) is 6.99. The third-order valence-corrected chi connectivity index (χ3v) is 3.36. The standard InChI is InChI=1S/C13H21N5O3/c1-4-17-12(19)9-11(16-10(15-9)8(2)14)18(13(17)20)6-5-7-21-3/h8H,4-7,14H2,1-3H3,(H,15,16). The molecule has 0 radical (unpaired) electrons. The Balaban J connectivity index is 2.68. The molecule has 0 aliphatic carbocycles. The Kier molecular flexibility index (Phi) is 4.59. The number of hydrogen-bond acceptors (Lipinski definition) is 5. The molecule has 2 aromatic rings. The lowest BCUT2D eigenvalue weighted by molar-refractivity contribution is 0.190. The van der Waals surface area contributed by atoms with E-state index in [9.17, 15) is 9.59 Å². The summed E-state index contributed by atoms with van der Waals surface area (Å²) in [5.41, 5.74) is 5.76. The predicted octanol–water partition coefficient (Wildman–Crippen LogP) is -0.0376. The van der Waals surface area contributed by atoms with Crippen molar-refractivity contribution in [2.75, 3.05) is 13.7 Å². The zero-order valence-corrected chi connectivity index (χ0v) is 12.5. The number of aromatic nitrogens is 4. The van der Waals surface area contributed by atoms with Crippen LogP contribution in [0.4, 0.5) is 0 Å². The monoisotopic (exact) mass is 295 g/mol. The number of imidazole rings is 1. The predicted molar refractivity (Wildman–Crippen MR) is 79.4 cm³/mol. The van der Waals surface area contributed by atoms with Crippen LogP contribution in [0.2, 0.25) is 0 Å². The fourth-order valence-corrected chi connectivity index (χ4v) is 2.25. The van der Waals surface area contributed by atoms with Gasteiger partial charge in [-0.25, -0.2) is 9.78 Å². The van der Waals surface area contributed by atoms with E-state index in [1.807, 2.05) is 0 Å². The van der Waals surface area contributed by atoms with Gasteiger partial charge >= 0.3 is 5.69 Å². The van der Waals surface area contributed by atoms with Crippen molar-refractivity contribution in [1.29, 1.82) is 0 Å². The van der Waals surface area contributed by atoms with Gasteiger partial charge < -0.3 is 15.5 Å². The van der Waals surface area contributed by atoms with E-state index < -0.39 is 0 Å². The van der Waals surface area contributed by atoms with Crippen molar-refractivity contribution in [2.45, 2.75) is 39.4 Å². The smallest absolute Gasteiger partial charge is 0.332 e. The highest BCUT2D eigenvalue weighted by molar-refractivity contribution is 5.70. The van der Waals surface area contributed by atoms with Crippen molar-refractivity contribution < 1.29 is 4.74 Å². The van der Waals surface area contributed by atoms with Crippen molar-refractivity contribution in [3.8, 4) is 0 Å². The molecule has 0 spiro atoms. The molecule has 0 aromatic carbocycles. The van der Waals surface area contributed by atoms with Gasteiger partial charge in [-0.05, 0) is 20.3 Å². The van der Waals surface area contributed by atoms with Gasteiger partial charge in [-0.3, -0.25) is 13.9 Å². The van der Waals surface area contributed by atoms with Gasteiger partial charge in [0.05, 0.1) is 6.04 Å². The molecule has 0 aliphatic rings. The molecule has 0 bridgehead atoms. The first kappa shape index (κ1) is 15.5. The zero-order chi connectivity index (χ0) is 15.6. The van der Waals surface area contributed by atoms with Crippen molar-refractivity contribution in [2.24, 2.45) is 5.73 Å². The highest BCUT2D eigenvalue weighted by Crippen LogP contribution is 2.10. The number of nitrogens with one attached hydrogen (secondary N) is 1. The van der Waals surface area contributed by atoms with Crippen LogP contribution in [0.25, 0.3) is 11.2 Å². The highest BCUT2D eigenvalue weighted by Gasteiger charge is 2.17. The maximum Gasteiger partial charge on any atom is 0.332 e. The van der Waals surface area contributed by atoms with Crippen LogP contribution in [0.1, 0.15) is 32.1 Å². The minimum atomic E-state index is -0.361. The molecule has 8 nitrogen and oxygen atoms in total. The Hall–Kier alpha value is -1.93. The first-order valence-corrected chi connectivity index (χ1v) is 6.99. The maximum absolute atomic E-state index is 12.4. The molecular formula is C13H21N5O3. The number of aryl methyl sites for hydroxylation is 1. The van der Waals surface area contributed by atoms with Crippen molar-refractivity contribution in [1.82, 2.24) is 19.1 Å². The summed E-state index contributed by atoms with van der Waals surface area (Å²) in [6, 6.07) is -0.339. The van der Waals surface area contributed by atoms with Crippen molar-refractivity contribution in [3.63, 3.8) is 0 Å². The summed E-state index contributed by atoms with van der Waals surface area (Å²) in [4.78, 5) is 32.0. The average molecular weight is 295 g/mol. The summed E-state index contributed by atoms with van der Waals surface area (Å²) >= 11 is 0. The Bertz CT molecular complexity index is 741. The van der Waals surface area contributed by atoms with Crippen LogP contribution in [0.15, 0.2) is 9.59 Å². The second-order valence-corrected chi connectivity index (χ2v) is 4.94. The van der Waals surface area contributed by atoms with Crippen molar-refractivity contribution in [3.05, 3.63) is 26.7 Å². The van der Waals surface area contributed by atoms with Crippen LogP contribution in [0.3, 0.4) is 0 Å². The molecule has 21 heavy (non-hydrogen) atoms. The van der Waals surface area contributed by atoms with E-state index in [-0.39, 0.29) is 17.3 Å². The van der Waals surface area contributed by atoms with Gasteiger partial charge in [-0.2, -0.15) is 0 Å². The van der Waals surface area contributed by atoms with Gasteiger partial charge in [0.1, 0.15) is 11.3 Å². The summed E-state index contributed by atoms with van der Waals surface area (Å²) in [6.07, 6.45) is 0.661. The van der Waals surface area contributed by atoms with Gasteiger partial charge in [0.2, 0.25) is 0 Å². The number of H-pyrrole nitrogens is 1. The number of rotatable bonds is 6. The number of nitrogens with two attached hydrogens (primary N) is 1. The minimum absolute atomic E-state index is 0.310. The second kappa shape index (κ2) is 6.23. The number of aromatic amines is 1. The molecule has 1 unspecified atom stereocenters. The van der Waals surface area contributed by atoms with E-state index in [0.717, 1.165) is 0 Å². The van der Waals surface area contributed by atoms with Crippen LogP contribution < -0.4 is 17.0 Å². The normalized spacial score (nSPS) is 13.0. The number of fused-ring (bicyclic) bond motifs is 1. The molecule has 2 rings (SSSR count). The first-order chi connectivity index (χ1) is 10.0. The second-order valence-electron chi connectivity index (χ2n) is 4.94. The lowest BCUT2D eigenvalue weighted by Gasteiger charge is -2.09. The fourth-order valence-electron chi connectivity index (χ4n) is 2.25. The summed E-state index contributed by atoms with van der Waals surface area (Å²) in [6.45, 7) is 4.81. The summed E-state index contributed by atoms with van der Waals surface area (Å²) in [7, 11) is 1.61. The van der Waals surface area contributed by atoms with E-state index in [2.05, 4.69) is 9.97 Å². The Labute approximate surface area is 121 Å². The molecule has 116 valence electrons. The Morgan fingerprint density at radius 1 is 1.38 bits per heavy atom. The SMILES string of the molecule is CCn1c(=O)c2[nH]c(C(C)N)nc2n(CCCOC)c1=O.